The Bertz CT molecular complexity index is 1340. The second-order valence-electron chi connectivity index (χ2n) is 9.45. The van der Waals surface area contributed by atoms with E-state index in [1.165, 1.54) is 11.6 Å². The van der Waals surface area contributed by atoms with Crippen LogP contribution >= 0.6 is 0 Å². The molecule has 0 aromatic heterocycles. The molecule has 5 rings (SSSR count). The third kappa shape index (κ3) is 5.89. The summed E-state index contributed by atoms with van der Waals surface area (Å²) in [6.07, 6.45) is 0.218. The van der Waals surface area contributed by atoms with Crippen LogP contribution < -0.4 is 10.1 Å². The Labute approximate surface area is 217 Å². The van der Waals surface area contributed by atoms with E-state index in [9.17, 15) is 9.18 Å². The molecule has 1 aliphatic heterocycles. The van der Waals surface area contributed by atoms with E-state index in [-0.39, 0.29) is 17.8 Å². The number of benzene rings is 4. The maximum absolute atomic E-state index is 14.5. The van der Waals surface area contributed by atoms with Crippen LogP contribution in [0.3, 0.4) is 0 Å². The molecule has 1 aliphatic rings. The number of nitrogens with zero attached hydrogens (tertiary/aromatic N) is 1. The van der Waals surface area contributed by atoms with Crippen LogP contribution in [0.25, 0.3) is 0 Å². The summed E-state index contributed by atoms with van der Waals surface area (Å²) in [5, 5.41) is 2.95. The minimum atomic E-state index is -0.643. The third-order valence-corrected chi connectivity index (χ3v) is 6.88. The molecule has 4 aromatic rings. The molecule has 0 unspecified atom stereocenters. The first-order chi connectivity index (χ1) is 18.1. The lowest BCUT2D eigenvalue weighted by Gasteiger charge is -2.38. The fourth-order valence-corrected chi connectivity index (χ4v) is 4.95. The SMILES string of the molecule is C[C@@H](Oc1ccc2c(c1)[C@@H](c1ccccc1)N(Cc1ccccc1F)CC2)C(=O)NCc1ccccc1. The number of fused-ring (bicyclic) bond motifs is 1. The topological polar surface area (TPSA) is 41.6 Å². The zero-order valence-corrected chi connectivity index (χ0v) is 20.9. The van der Waals surface area contributed by atoms with E-state index in [4.69, 9.17) is 4.74 Å². The largest absolute Gasteiger partial charge is 0.481 e. The smallest absolute Gasteiger partial charge is 0.261 e. The Morgan fingerprint density at radius 1 is 0.973 bits per heavy atom. The molecular weight excluding hydrogens is 463 g/mol. The Morgan fingerprint density at radius 2 is 1.68 bits per heavy atom. The van der Waals surface area contributed by atoms with Crippen LogP contribution in [-0.2, 0) is 24.3 Å². The predicted octanol–water partition coefficient (Wildman–Crippen LogP) is 6.06. The van der Waals surface area contributed by atoms with E-state index in [0.717, 1.165) is 29.7 Å². The van der Waals surface area contributed by atoms with E-state index < -0.39 is 6.10 Å². The van der Waals surface area contributed by atoms with Crippen molar-refractivity contribution >= 4 is 5.91 Å². The quantitative estimate of drug-likeness (QED) is 0.324. The zero-order chi connectivity index (χ0) is 25.6. The molecule has 1 N–H and O–H groups in total. The highest BCUT2D eigenvalue weighted by Crippen LogP contribution is 2.38. The monoisotopic (exact) mass is 494 g/mol. The minimum absolute atomic E-state index is 0.0460. The Morgan fingerprint density at radius 3 is 2.43 bits per heavy atom. The van der Waals surface area contributed by atoms with E-state index in [1.54, 1.807) is 13.0 Å². The number of hydrogen-bond donors (Lipinski definition) is 1. The minimum Gasteiger partial charge on any atom is -0.481 e. The highest BCUT2D eigenvalue weighted by Gasteiger charge is 2.30. The summed E-state index contributed by atoms with van der Waals surface area (Å²) in [6.45, 7) is 3.55. The molecule has 1 amide bonds. The van der Waals surface area contributed by atoms with Crippen molar-refractivity contribution in [2.45, 2.75) is 38.6 Å². The van der Waals surface area contributed by atoms with Crippen molar-refractivity contribution in [3.8, 4) is 5.75 Å². The normalized spacial score (nSPS) is 16.0. The summed E-state index contributed by atoms with van der Waals surface area (Å²) in [4.78, 5) is 15.0. The first-order valence-corrected chi connectivity index (χ1v) is 12.7. The van der Waals surface area contributed by atoms with Gasteiger partial charge in [-0.05, 0) is 53.8 Å². The first kappa shape index (κ1) is 24.7. The summed E-state index contributed by atoms with van der Waals surface area (Å²) in [5.41, 5.74) is 5.24. The van der Waals surface area contributed by atoms with Crippen molar-refractivity contribution in [1.29, 1.82) is 0 Å². The van der Waals surface area contributed by atoms with E-state index >= 15 is 0 Å². The van der Waals surface area contributed by atoms with Gasteiger partial charge in [-0.2, -0.15) is 0 Å². The highest BCUT2D eigenvalue weighted by atomic mass is 19.1. The Hall–Kier alpha value is -3.96. The molecule has 1 heterocycles. The van der Waals surface area contributed by atoms with Gasteiger partial charge in [-0.25, -0.2) is 4.39 Å². The second-order valence-corrected chi connectivity index (χ2v) is 9.45. The van der Waals surface area contributed by atoms with Gasteiger partial charge in [0.05, 0.1) is 6.04 Å². The molecule has 0 saturated carbocycles. The number of carbonyl (C=O) groups excluding carboxylic acids is 1. The van der Waals surface area contributed by atoms with Crippen LogP contribution in [0.5, 0.6) is 5.75 Å². The molecule has 4 aromatic carbocycles. The van der Waals surface area contributed by atoms with Crippen LogP contribution in [-0.4, -0.2) is 23.5 Å². The van der Waals surface area contributed by atoms with E-state index in [0.29, 0.717) is 24.4 Å². The van der Waals surface area contributed by atoms with Gasteiger partial charge in [-0.1, -0.05) is 84.9 Å². The van der Waals surface area contributed by atoms with E-state index in [1.807, 2.05) is 72.8 Å². The maximum Gasteiger partial charge on any atom is 0.261 e. The van der Waals surface area contributed by atoms with Gasteiger partial charge in [0.1, 0.15) is 11.6 Å². The summed E-state index contributed by atoms with van der Waals surface area (Å²) in [7, 11) is 0. The number of hydrogen-bond acceptors (Lipinski definition) is 3. The number of nitrogens with one attached hydrogen (secondary N) is 1. The summed E-state index contributed by atoms with van der Waals surface area (Å²) < 4.78 is 20.6. The molecule has 0 saturated heterocycles. The molecule has 5 heteroatoms. The van der Waals surface area contributed by atoms with Crippen molar-refractivity contribution < 1.29 is 13.9 Å². The summed E-state index contributed by atoms with van der Waals surface area (Å²) in [6, 6.07) is 33.1. The lowest BCUT2D eigenvalue weighted by Crippen LogP contribution is -2.37. The lowest BCUT2D eigenvalue weighted by molar-refractivity contribution is -0.127. The standard InChI is InChI=1S/C32H31FN2O2/c1-23(32(36)34-21-24-10-4-2-5-11-24)37-28-17-16-25-18-19-35(22-27-14-8-9-15-30(27)33)31(29(25)20-28)26-12-6-3-7-13-26/h2-17,20,23,31H,18-19,21-22H2,1H3,(H,34,36)/t23-,31-/m1/s1. The van der Waals surface area contributed by atoms with Crippen molar-refractivity contribution in [3.05, 3.63) is 137 Å². The molecule has 0 aliphatic carbocycles. The third-order valence-electron chi connectivity index (χ3n) is 6.88. The maximum atomic E-state index is 14.5. The van der Waals surface area contributed by atoms with Gasteiger partial charge in [0.2, 0.25) is 0 Å². The summed E-state index contributed by atoms with van der Waals surface area (Å²) >= 11 is 0. The van der Waals surface area contributed by atoms with Gasteiger partial charge < -0.3 is 10.1 Å². The van der Waals surface area contributed by atoms with E-state index in [2.05, 4.69) is 28.4 Å². The second kappa shape index (κ2) is 11.4. The van der Waals surface area contributed by atoms with Gasteiger partial charge in [0.15, 0.2) is 6.10 Å². The fourth-order valence-electron chi connectivity index (χ4n) is 4.95. The molecular formula is C32H31FN2O2. The van der Waals surface area contributed by atoms with Crippen molar-refractivity contribution in [1.82, 2.24) is 10.2 Å². The van der Waals surface area contributed by atoms with Crippen LogP contribution in [0.15, 0.2) is 103 Å². The van der Waals surface area contributed by atoms with Crippen LogP contribution in [0.1, 0.15) is 40.8 Å². The number of amides is 1. The number of carbonyl (C=O) groups is 1. The first-order valence-electron chi connectivity index (χ1n) is 12.7. The molecule has 0 bridgehead atoms. The van der Waals surface area contributed by atoms with Gasteiger partial charge in [-0.15, -0.1) is 0 Å². The van der Waals surface area contributed by atoms with Crippen molar-refractivity contribution in [3.63, 3.8) is 0 Å². The lowest BCUT2D eigenvalue weighted by atomic mass is 9.87. The molecule has 188 valence electrons. The average molecular weight is 495 g/mol. The van der Waals surface area contributed by atoms with Gasteiger partial charge in [0.25, 0.3) is 5.91 Å². The van der Waals surface area contributed by atoms with Gasteiger partial charge >= 0.3 is 0 Å². The van der Waals surface area contributed by atoms with Crippen molar-refractivity contribution in [2.24, 2.45) is 0 Å². The predicted molar refractivity (Wildman–Crippen MR) is 144 cm³/mol. The average Bonchev–Trinajstić information content (AvgIpc) is 2.93. The molecule has 0 fully saturated rings. The molecule has 37 heavy (non-hydrogen) atoms. The van der Waals surface area contributed by atoms with Crippen LogP contribution in [0.2, 0.25) is 0 Å². The molecule has 2 atom stereocenters. The van der Waals surface area contributed by atoms with Gasteiger partial charge in [0, 0.05) is 25.2 Å². The number of halogens is 1. The highest BCUT2D eigenvalue weighted by molar-refractivity contribution is 5.80. The number of ether oxygens (including phenoxy) is 1. The fraction of sp³-hybridized carbons (Fsp3) is 0.219. The Kier molecular flexibility index (Phi) is 7.62. The number of rotatable bonds is 8. The summed E-state index contributed by atoms with van der Waals surface area (Å²) in [5.74, 6) is 0.296. The van der Waals surface area contributed by atoms with Crippen LogP contribution in [0.4, 0.5) is 4.39 Å². The molecule has 0 spiro atoms. The molecule has 4 nitrogen and oxygen atoms in total. The zero-order valence-electron chi connectivity index (χ0n) is 20.9. The Balaban J connectivity index is 1.37. The van der Waals surface area contributed by atoms with Gasteiger partial charge in [-0.3, -0.25) is 9.69 Å². The van der Waals surface area contributed by atoms with Crippen LogP contribution in [0, 0.1) is 5.82 Å². The molecule has 0 radical (unpaired) electrons. The van der Waals surface area contributed by atoms with Crippen molar-refractivity contribution in [2.75, 3.05) is 6.54 Å².